The number of anilines is 2. The van der Waals surface area contributed by atoms with Gasteiger partial charge in [-0.15, -0.1) is 0 Å². The van der Waals surface area contributed by atoms with Crippen LogP contribution in [0.3, 0.4) is 0 Å². The molecular weight excluding hydrogens is 336 g/mol. The van der Waals surface area contributed by atoms with Gasteiger partial charge < -0.3 is 10.6 Å². The predicted molar refractivity (Wildman–Crippen MR) is 101 cm³/mol. The molecule has 0 bridgehead atoms. The van der Waals surface area contributed by atoms with E-state index in [1.165, 1.54) is 0 Å². The Morgan fingerprint density at radius 3 is 2.88 bits per heavy atom. The summed E-state index contributed by atoms with van der Waals surface area (Å²) in [5, 5.41) is 12.5. The lowest BCUT2D eigenvalue weighted by Gasteiger charge is -2.19. The summed E-state index contributed by atoms with van der Waals surface area (Å²) in [6.45, 7) is 2.08. The van der Waals surface area contributed by atoms with Crippen LogP contribution >= 0.6 is 11.6 Å². The lowest BCUT2D eigenvalue weighted by Crippen LogP contribution is -2.12. The van der Waals surface area contributed by atoms with E-state index in [4.69, 9.17) is 11.6 Å². The Kier molecular flexibility index (Phi) is 3.89. The molecule has 3 heterocycles. The molecule has 4 rings (SSSR count). The number of benzene rings is 1. The van der Waals surface area contributed by atoms with Crippen molar-refractivity contribution in [2.24, 2.45) is 0 Å². The van der Waals surface area contributed by atoms with Crippen molar-refractivity contribution in [1.29, 1.82) is 0 Å². The van der Waals surface area contributed by atoms with Crippen LogP contribution in [0.25, 0.3) is 16.4 Å². The third kappa shape index (κ3) is 2.74. The van der Waals surface area contributed by atoms with Crippen LogP contribution < -0.4 is 10.6 Å². The highest BCUT2D eigenvalue weighted by Crippen LogP contribution is 2.31. The summed E-state index contributed by atoms with van der Waals surface area (Å²) in [5.74, 6) is 1.57. The number of nitrogens with one attached hydrogen (secondary N) is 2. The molecule has 7 heteroatoms. The second-order valence-corrected chi connectivity index (χ2v) is 6.21. The number of rotatable bonds is 4. The van der Waals surface area contributed by atoms with Gasteiger partial charge in [-0.25, -0.2) is 14.5 Å². The van der Waals surface area contributed by atoms with Crippen molar-refractivity contribution in [1.82, 2.24) is 19.6 Å². The lowest BCUT2D eigenvalue weighted by atomic mass is 10.1. The molecule has 0 radical (unpaired) electrons. The van der Waals surface area contributed by atoms with E-state index in [9.17, 15) is 0 Å². The molecule has 2 N–H and O–H groups in total. The molecule has 3 aromatic heterocycles. The average Bonchev–Trinajstić information content (AvgIpc) is 3.11. The zero-order valence-electron chi connectivity index (χ0n) is 13.9. The predicted octanol–water partition coefficient (Wildman–Crippen LogP) is 4.15. The minimum atomic E-state index is -0.00747. The molecule has 126 valence electrons. The number of hydrogen-bond acceptors (Lipinski definition) is 5. The summed E-state index contributed by atoms with van der Waals surface area (Å²) in [5.41, 5.74) is 2.76. The van der Waals surface area contributed by atoms with Gasteiger partial charge in [0, 0.05) is 24.2 Å². The number of pyridine rings is 1. The van der Waals surface area contributed by atoms with Gasteiger partial charge in [-0.2, -0.15) is 5.10 Å². The quantitative estimate of drug-likeness (QED) is 0.577. The number of fused-ring (bicyclic) bond motifs is 2. The fraction of sp³-hybridized carbons (Fsp3) is 0.167. The first kappa shape index (κ1) is 15.7. The molecule has 0 spiro atoms. The fourth-order valence-corrected chi connectivity index (χ4v) is 3.19. The molecule has 0 aliphatic carbocycles. The molecule has 0 aliphatic rings. The van der Waals surface area contributed by atoms with E-state index >= 15 is 0 Å². The molecule has 0 fully saturated rings. The number of hydrogen-bond donors (Lipinski definition) is 2. The molecule has 1 aromatic carbocycles. The zero-order valence-corrected chi connectivity index (χ0v) is 14.6. The molecule has 0 saturated carbocycles. The van der Waals surface area contributed by atoms with Gasteiger partial charge in [-0.1, -0.05) is 23.7 Å². The SMILES string of the molecule is CNc1nc2c(Cl)cccc2cc1C(C)Nc1ncnn2cccc12. The van der Waals surface area contributed by atoms with Crippen molar-refractivity contribution in [3.63, 3.8) is 0 Å². The standard InChI is InChI=1S/C18H17ClN6/c1-11(23-18-15-7-4-8-25(15)22-10-21-18)13-9-12-5-3-6-14(19)16(12)24-17(13)20-2/h3-11H,1-2H3,(H,20,24)(H,21,22,23). The Labute approximate surface area is 149 Å². The van der Waals surface area contributed by atoms with Gasteiger partial charge in [0.15, 0.2) is 5.82 Å². The average molecular weight is 353 g/mol. The maximum atomic E-state index is 6.27. The van der Waals surface area contributed by atoms with Crippen molar-refractivity contribution in [3.8, 4) is 0 Å². The van der Waals surface area contributed by atoms with E-state index in [0.717, 1.165) is 33.6 Å². The van der Waals surface area contributed by atoms with Gasteiger partial charge in [0.2, 0.25) is 0 Å². The third-order valence-corrected chi connectivity index (χ3v) is 4.52. The van der Waals surface area contributed by atoms with E-state index < -0.39 is 0 Å². The molecular formula is C18H17ClN6. The molecule has 25 heavy (non-hydrogen) atoms. The molecule has 0 aliphatic heterocycles. The molecule has 0 saturated heterocycles. The van der Waals surface area contributed by atoms with Crippen molar-refractivity contribution in [2.45, 2.75) is 13.0 Å². The summed E-state index contributed by atoms with van der Waals surface area (Å²) >= 11 is 6.27. The second-order valence-electron chi connectivity index (χ2n) is 5.80. The first-order valence-electron chi connectivity index (χ1n) is 7.99. The van der Waals surface area contributed by atoms with E-state index in [0.29, 0.717) is 5.02 Å². The molecule has 1 unspecified atom stereocenters. The Morgan fingerprint density at radius 1 is 1.16 bits per heavy atom. The van der Waals surface area contributed by atoms with Crippen LogP contribution in [0.2, 0.25) is 5.02 Å². The first-order valence-corrected chi connectivity index (χ1v) is 8.37. The Hall–Kier alpha value is -2.86. The summed E-state index contributed by atoms with van der Waals surface area (Å²) in [7, 11) is 1.86. The lowest BCUT2D eigenvalue weighted by molar-refractivity contribution is 0.850. The zero-order chi connectivity index (χ0) is 17.4. The van der Waals surface area contributed by atoms with Gasteiger partial charge in [0.25, 0.3) is 0 Å². The maximum absolute atomic E-state index is 6.27. The minimum absolute atomic E-state index is 0.00747. The van der Waals surface area contributed by atoms with E-state index in [2.05, 4.69) is 38.7 Å². The van der Waals surface area contributed by atoms with Gasteiger partial charge in [0.05, 0.1) is 16.6 Å². The van der Waals surface area contributed by atoms with Crippen LogP contribution in [0.1, 0.15) is 18.5 Å². The van der Waals surface area contributed by atoms with Crippen molar-refractivity contribution in [3.05, 3.63) is 59.5 Å². The van der Waals surface area contributed by atoms with E-state index in [1.54, 1.807) is 10.8 Å². The number of halogens is 1. The van der Waals surface area contributed by atoms with Crippen LogP contribution in [-0.4, -0.2) is 26.6 Å². The monoisotopic (exact) mass is 352 g/mol. The van der Waals surface area contributed by atoms with Crippen LogP contribution in [0, 0.1) is 0 Å². The van der Waals surface area contributed by atoms with Crippen LogP contribution in [0.4, 0.5) is 11.6 Å². The normalized spacial score (nSPS) is 12.4. The van der Waals surface area contributed by atoms with Crippen molar-refractivity contribution < 1.29 is 0 Å². The largest absolute Gasteiger partial charge is 0.373 e. The summed E-state index contributed by atoms with van der Waals surface area (Å²) < 4.78 is 1.79. The number of aromatic nitrogens is 4. The smallest absolute Gasteiger partial charge is 0.154 e. The third-order valence-electron chi connectivity index (χ3n) is 4.22. The van der Waals surface area contributed by atoms with Crippen LogP contribution in [0.15, 0.2) is 48.9 Å². The highest BCUT2D eigenvalue weighted by molar-refractivity contribution is 6.35. The second kappa shape index (κ2) is 6.22. The summed E-state index contributed by atoms with van der Waals surface area (Å²) in [6.07, 6.45) is 3.44. The van der Waals surface area contributed by atoms with Gasteiger partial charge >= 0.3 is 0 Å². The van der Waals surface area contributed by atoms with Crippen molar-refractivity contribution in [2.75, 3.05) is 17.7 Å². The Morgan fingerprint density at radius 2 is 2.04 bits per heavy atom. The topological polar surface area (TPSA) is 67.1 Å². The molecule has 6 nitrogen and oxygen atoms in total. The van der Waals surface area contributed by atoms with Gasteiger partial charge in [-0.05, 0) is 31.2 Å². The van der Waals surface area contributed by atoms with Crippen LogP contribution in [0.5, 0.6) is 0 Å². The van der Waals surface area contributed by atoms with Gasteiger partial charge in [-0.3, -0.25) is 0 Å². The number of para-hydroxylation sites is 1. The molecule has 4 aromatic rings. The highest BCUT2D eigenvalue weighted by Gasteiger charge is 2.15. The van der Waals surface area contributed by atoms with E-state index in [-0.39, 0.29) is 6.04 Å². The number of nitrogens with zero attached hydrogens (tertiary/aromatic N) is 4. The minimum Gasteiger partial charge on any atom is -0.373 e. The summed E-state index contributed by atoms with van der Waals surface area (Å²) in [6, 6.07) is 11.8. The van der Waals surface area contributed by atoms with E-state index in [1.807, 2.05) is 43.6 Å². The van der Waals surface area contributed by atoms with Crippen LogP contribution in [-0.2, 0) is 0 Å². The van der Waals surface area contributed by atoms with Gasteiger partial charge in [0.1, 0.15) is 17.7 Å². The fourth-order valence-electron chi connectivity index (χ4n) is 2.97. The highest BCUT2D eigenvalue weighted by atomic mass is 35.5. The Bertz CT molecular complexity index is 1060. The molecule has 1 atom stereocenters. The maximum Gasteiger partial charge on any atom is 0.154 e. The summed E-state index contributed by atoms with van der Waals surface area (Å²) in [4.78, 5) is 9.06. The molecule has 0 amide bonds. The van der Waals surface area contributed by atoms with Crippen molar-refractivity contribution >= 4 is 39.7 Å². The first-order chi connectivity index (χ1) is 12.2. The Balaban J connectivity index is 1.76.